The molecule has 0 spiro atoms. The number of amides is 1. The summed E-state index contributed by atoms with van der Waals surface area (Å²) >= 11 is 11.8. The zero-order valence-electron chi connectivity index (χ0n) is 11.9. The maximum Gasteiger partial charge on any atom is 0.311 e. The van der Waals surface area contributed by atoms with Crippen molar-refractivity contribution >= 4 is 35.1 Å². The van der Waals surface area contributed by atoms with Gasteiger partial charge in [0.25, 0.3) is 0 Å². The Kier molecular flexibility index (Phi) is 4.54. The second kappa shape index (κ2) is 6.42. The van der Waals surface area contributed by atoms with Gasteiger partial charge in [0.15, 0.2) is 0 Å². The molecule has 7 heteroatoms. The molecule has 1 aliphatic heterocycles. The normalized spacial score (nSPS) is 21.3. The van der Waals surface area contributed by atoms with Gasteiger partial charge in [0.05, 0.1) is 16.6 Å². The number of likely N-dealkylation sites (tertiary alicyclic amines) is 1. The van der Waals surface area contributed by atoms with Crippen molar-refractivity contribution < 1.29 is 14.3 Å². The predicted octanol–water partition coefficient (Wildman–Crippen LogP) is 2.69. The molecule has 0 aromatic carbocycles. The van der Waals surface area contributed by atoms with Gasteiger partial charge in [0.2, 0.25) is 5.91 Å². The van der Waals surface area contributed by atoms with Gasteiger partial charge in [-0.15, -0.1) is 0 Å². The Balaban J connectivity index is 1.53. The van der Waals surface area contributed by atoms with Crippen LogP contribution < -0.4 is 0 Å². The molecule has 2 fully saturated rings. The van der Waals surface area contributed by atoms with Gasteiger partial charge in [-0.1, -0.05) is 23.2 Å². The number of aromatic nitrogens is 1. The number of carbonyl (C=O) groups is 2. The molecule has 5 nitrogen and oxygen atoms in total. The van der Waals surface area contributed by atoms with Gasteiger partial charge < -0.3 is 9.64 Å². The molecule has 1 saturated heterocycles. The van der Waals surface area contributed by atoms with E-state index < -0.39 is 5.92 Å². The maximum absolute atomic E-state index is 12.1. The van der Waals surface area contributed by atoms with Crippen molar-refractivity contribution in [2.24, 2.45) is 11.8 Å². The molecule has 0 N–H and O–H groups in total. The highest BCUT2D eigenvalue weighted by molar-refractivity contribution is 6.32. The summed E-state index contributed by atoms with van der Waals surface area (Å²) in [7, 11) is 0. The van der Waals surface area contributed by atoms with Crippen LogP contribution in [0.3, 0.4) is 0 Å². The Bertz CT molecular complexity index is 604. The summed E-state index contributed by atoms with van der Waals surface area (Å²) in [5.41, 5.74) is 0.418. The van der Waals surface area contributed by atoms with Crippen LogP contribution in [0, 0.1) is 11.8 Å². The molecule has 118 valence electrons. The van der Waals surface area contributed by atoms with Gasteiger partial charge in [0, 0.05) is 19.5 Å². The lowest BCUT2D eigenvalue weighted by Crippen LogP contribution is -2.28. The van der Waals surface area contributed by atoms with Gasteiger partial charge in [0.1, 0.15) is 11.8 Å². The van der Waals surface area contributed by atoms with Gasteiger partial charge in [-0.2, -0.15) is 0 Å². The number of halogens is 2. The van der Waals surface area contributed by atoms with E-state index in [1.165, 1.54) is 12.8 Å². The van der Waals surface area contributed by atoms with Crippen LogP contribution in [0.1, 0.15) is 25.0 Å². The van der Waals surface area contributed by atoms with E-state index in [0.29, 0.717) is 28.3 Å². The van der Waals surface area contributed by atoms with Crippen molar-refractivity contribution in [3.63, 3.8) is 0 Å². The lowest BCUT2D eigenvalue weighted by Gasteiger charge is -2.15. The smallest absolute Gasteiger partial charge is 0.311 e. The summed E-state index contributed by atoms with van der Waals surface area (Å²) in [5.74, 6) is -0.130. The Hall–Kier alpha value is -1.33. The van der Waals surface area contributed by atoms with Crippen molar-refractivity contribution in [2.75, 3.05) is 13.1 Å². The minimum atomic E-state index is -0.399. The van der Waals surface area contributed by atoms with Crippen molar-refractivity contribution in [2.45, 2.75) is 25.9 Å². The summed E-state index contributed by atoms with van der Waals surface area (Å²) in [6.45, 7) is 1.18. The highest BCUT2D eigenvalue weighted by Crippen LogP contribution is 2.32. The average molecular weight is 343 g/mol. The summed E-state index contributed by atoms with van der Waals surface area (Å²) < 4.78 is 5.24. The number of carbonyl (C=O) groups excluding carboxylic acids is 2. The van der Waals surface area contributed by atoms with Crippen LogP contribution in [-0.4, -0.2) is 34.8 Å². The lowest BCUT2D eigenvalue weighted by molar-refractivity contribution is -0.149. The van der Waals surface area contributed by atoms with E-state index in [9.17, 15) is 9.59 Å². The summed E-state index contributed by atoms with van der Waals surface area (Å²) in [6, 6.07) is 3.18. The second-order valence-corrected chi connectivity index (χ2v) is 6.61. The molecule has 1 atom stereocenters. The molecule has 0 radical (unpaired) electrons. The van der Waals surface area contributed by atoms with Crippen LogP contribution in [0.15, 0.2) is 12.1 Å². The molecule has 1 aliphatic carbocycles. The standard InChI is InChI=1S/C15H16Cl2N2O3/c16-11-3-4-13(17)18-12(11)8-22-15(21)10-5-14(20)19(7-10)6-9-1-2-9/h3-4,9-10H,1-2,5-8H2/t10-/m0/s1. The largest absolute Gasteiger partial charge is 0.459 e. The Labute approximate surface area is 138 Å². The van der Waals surface area contributed by atoms with E-state index in [-0.39, 0.29) is 24.9 Å². The minimum absolute atomic E-state index is 0.0350. The molecule has 2 aliphatic rings. The van der Waals surface area contributed by atoms with Crippen molar-refractivity contribution in [1.82, 2.24) is 9.88 Å². The van der Waals surface area contributed by atoms with Crippen LogP contribution in [-0.2, 0) is 20.9 Å². The fourth-order valence-corrected chi connectivity index (χ4v) is 2.86. The zero-order valence-corrected chi connectivity index (χ0v) is 13.4. The molecule has 3 rings (SSSR count). The van der Waals surface area contributed by atoms with E-state index in [2.05, 4.69) is 4.98 Å². The fraction of sp³-hybridized carbons (Fsp3) is 0.533. The van der Waals surface area contributed by atoms with E-state index in [0.717, 1.165) is 6.54 Å². The van der Waals surface area contributed by atoms with Crippen molar-refractivity contribution in [3.8, 4) is 0 Å². The molecule has 1 aromatic heterocycles. The zero-order chi connectivity index (χ0) is 15.7. The average Bonchev–Trinajstić information content (AvgIpc) is 3.22. The van der Waals surface area contributed by atoms with Crippen LogP contribution in [0.25, 0.3) is 0 Å². The quantitative estimate of drug-likeness (QED) is 0.609. The van der Waals surface area contributed by atoms with Crippen LogP contribution in [0.5, 0.6) is 0 Å². The summed E-state index contributed by atoms with van der Waals surface area (Å²) in [4.78, 5) is 29.8. The maximum atomic E-state index is 12.1. The molecule has 2 heterocycles. The molecular weight excluding hydrogens is 327 g/mol. The number of hydrogen-bond donors (Lipinski definition) is 0. The Morgan fingerprint density at radius 1 is 1.36 bits per heavy atom. The fourth-order valence-electron chi connectivity index (χ4n) is 2.53. The van der Waals surface area contributed by atoms with E-state index in [4.69, 9.17) is 27.9 Å². The van der Waals surface area contributed by atoms with Crippen LogP contribution in [0.4, 0.5) is 0 Å². The van der Waals surface area contributed by atoms with Crippen LogP contribution in [0.2, 0.25) is 10.2 Å². The molecule has 1 aromatic rings. The topological polar surface area (TPSA) is 59.5 Å². The number of hydrogen-bond acceptors (Lipinski definition) is 4. The highest BCUT2D eigenvalue weighted by Gasteiger charge is 2.37. The highest BCUT2D eigenvalue weighted by atomic mass is 35.5. The first-order valence-corrected chi connectivity index (χ1v) is 8.04. The van der Waals surface area contributed by atoms with Crippen molar-refractivity contribution in [3.05, 3.63) is 28.0 Å². The number of ether oxygens (including phenoxy) is 1. The van der Waals surface area contributed by atoms with Gasteiger partial charge in [-0.05, 0) is 30.9 Å². The molecular formula is C15H16Cl2N2O3. The third kappa shape index (κ3) is 3.70. The molecule has 0 unspecified atom stereocenters. The van der Waals surface area contributed by atoms with E-state index in [1.807, 2.05) is 0 Å². The lowest BCUT2D eigenvalue weighted by atomic mass is 10.1. The third-order valence-corrected chi connectivity index (χ3v) is 4.51. The Morgan fingerprint density at radius 2 is 2.14 bits per heavy atom. The van der Waals surface area contributed by atoms with E-state index in [1.54, 1.807) is 17.0 Å². The number of pyridine rings is 1. The number of rotatable bonds is 5. The first-order valence-electron chi connectivity index (χ1n) is 7.28. The summed E-state index contributed by atoms with van der Waals surface area (Å²) in [5, 5.41) is 0.692. The monoisotopic (exact) mass is 342 g/mol. The molecule has 0 bridgehead atoms. The van der Waals surface area contributed by atoms with Gasteiger partial charge >= 0.3 is 5.97 Å². The van der Waals surface area contributed by atoms with Gasteiger partial charge in [-0.25, -0.2) is 4.98 Å². The van der Waals surface area contributed by atoms with Crippen molar-refractivity contribution in [1.29, 1.82) is 0 Å². The first kappa shape index (κ1) is 15.6. The molecule has 1 saturated carbocycles. The van der Waals surface area contributed by atoms with Gasteiger partial charge in [-0.3, -0.25) is 9.59 Å². The first-order chi connectivity index (χ1) is 10.5. The minimum Gasteiger partial charge on any atom is -0.459 e. The van der Waals surface area contributed by atoms with Crippen LogP contribution >= 0.6 is 23.2 Å². The van der Waals surface area contributed by atoms with E-state index >= 15 is 0 Å². The number of nitrogens with zero attached hydrogens (tertiary/aromatic N) is 2. The SMILES string of the molecule is O=C(OCc1nc(Cl)ccc1Cl)[C@H]1CC(=O)N(CC2CC2)C1. The third-order valence-electron chi connectivity index (χ3n) is 3.96. The second-order valence-electron chi connectivity index (χ2n) is 5.81. The molecule has 22 heavy (non-hydrogen) atoms. The predicted molar refractivity (Wildman–Crippen MR) is 81.5 cm³/mol. The number of esters is 1. The summed E-state index contributed by atoms with van der Waals surface area (Å²) in [6.07, 6.45) is 2.58. The Morgan fingerprint density at radius 3 is 2.86 bits per heavy atom. The molecule has 1 amide bonds.